The van der Waals surface area contributed by atoms with Crippen molar-refractivity contribution in [2.75, 3.05) is 0 Å². The Labute approximate surface area is 125 Å². The van der Waals surface area contributed by atoms with Crippen LogP contribution in [-0.4, -0.2) is 18.2 Å². The second-order valence-corrected chi connectivity index (χ2v) is 4.34. The zero-order chi connectivity index (χ0) is 10.3. The van der Waals surface area contributed by atoms with Crippen LogP contribution in [0.2, 0.25) is 0 Å². The Bertz CT molecular complexity index is 237. The van der Waals surface area contributed by atoms with E-state index in [1.807, 2.05) is 0 Å². The number of aliphatic hydroxyl groups is 1. The standard InChI is InChI=1S/C8H13BF3O.K/c1-8(2)4-6(9(10,11)12)3-7(13)5-8;/h4,7,13H,3,5H2,1-2H3;/q-1;+1. The number of halogens is 3. The minimum absolute atomic E-state index is 0. The number of hydrogen-bond acceptors (Lipinski definition) is 1. The summed E-state index contributed by atoms with van der Waals surface area (Å²) in [6.07, 6.45) is 0.563. The molecule has 76 valence electrons. The van der Waals surface area contributed by atoms with Crippen LogP contribution in [0, 0.1) is 5.41 Å². The molecule has 1 atom stereocenters. The molecule has 0 fully saturated rings. The molecule has 1 N–H and O–H groups in total. The van der Waals surface area contributed by atoms with E-state index in [1.54, 1.807) is 13.8 Å². The van der Waals surface area contributed by atoms with Gasteiger partial charge in [-0.15, -0.1) is 11.5 Å². The Hall–Kier alpha value is 1.19. The number of hydrogen-bond donors (Lipinski definition) is 1. The first-order valence-electron chi connectivity index (χ1n) is 4.30. The molecule has 14 heavy (non-hydrogen) atoms. The second-order valence-electron chi connectivity index (χ2n) is 4.34. The molecule has 1 aliphatic rings. The van der Waals surface area contributed by atoms with Crippen molar-refractivity contribution in [1.82, 2.24) is 0 Å². The van der Waals surface area contributed by atoms with E-state index < -0.39 is 24.0 Å². The zero-order valence-electron chi connectivity index (χ0n) is 8.73. The molecule has 0 spiro atoms. The maximum atomic E-state index is 12.3. The molecule has 1 aliphatic carbocycles. The molecule has 0 saturated heterocycles. The van der Waals surface area contributed by atoms with Gasteiger partial charge in [-0.3, -0.25) is 0 Å². The molecule has 0 aliphatic heterocycles. The average molecular weight is 232 g/mol. The Morgan fingerprint density at radius 2 is 1.93 bits per heavy atom. The van der Waals surface area contributed by atoms with E-state index in [4.69, 9.17) is 0 Å². The quantitative estimate of drug-likeness (QED) is 0.603. The van der Waals surface area contributed by atoms with Crippen molar-refractivity contribution in [2.24, 2.45) is 5.41 Å². The van der Waals surface area contributed by atoms with E-state index in [-0.39, 0.29) is 57.8 Å². The smallest absolute Gasteiger partial charge is 0.445 e. The van der Waals surface area contributed by atoms with Crippen LogP contribution in [0.1, 0.15) is 26.7 Å². The van der Waals surface area contributed by atoms with Gasteiger partial charge in [-0.25, -0.2) is 0 Å². The SMILES string of the molecule is CC1(C)C=C([B-](F)(F)F)CC(O)C1.[K+]. The van der Waals surface area contributed by atoms with Crippen molar-refractivity contribution in [3.8, 4) is 0 Å². The molecular weight excluding hydrogens is 219 g/mol. The fraction of sp³-hybridized carbons (Fsp3) is 0.750. The van der Waals surface area contributed by atoms with Crippen molar-refractivity contribution in [3.63, 3.8) is 0 Å². The summed E-state index contributed by atoms with van der Waals surface area (Å²) in [5.41, 5.74) is -1.08. The zero-order valence-corrected chi connectivity index (χ0v) is 11.9. The topological polar surface area (TPSA) is 20.2 Å². The van der Waals surface area contributed by atoms with Gasteiger partial charge in [0.2, 0.25) is 0 Å². The van der Waals surface area contributed by atoms with Gasteiger partial charge in [-0.05, 0) is 18.3 Å². The molecule has 0 bridgehead atoms. The van der Waals surface area contributed by atoms with Gasteiger partial charge in [0, 0.05) is 0 Å². The minimum Gasteiger partial charge on any atom is -0.445 e. The molecular formula is C8H13BF3KO. The number of allylic oxidation sites excluding steroid dienone is 1. The van der Waals surface area contributed by atoms with E-state index >= 15 is 0 Å². The summed E-state index contributed by atoms with van der Waals surface area (Å²) >= 11 is 0. The van der Waals surface area contributed by atoms with Crippen molar-refractivity contribution in [2.45, 2.75) is 32.8 Å². The molecule has 0 saturated carbocycles. The Morgan fingerprint density at radius 3 is 2.29 bits per heavy atom. The van der Waals surface area contributed by atoms with Crippen molar-refractivity contribution in [3.05, 3.63) is 11.5 Å². The maximum Gasteiger partial charge on any atom is 1.00 e. The fourth-order valence-electron chi connectivity index (χ4n) is 1.80. The third kappa shape index (κ3) is 4.37. The van der Waals surface area contributed by atoms with Crippen LogP contribution < -0.4 is 51.4 Å². The number of aliphatic hydroxyl groups excluding tert-OH is 1. The van der Waals surface area contributed by atoms with Crippen LogP contribution in [-0.2, 0) is 0 Å². The van der Waals surface area contributed by atoms with E-state index in [9.17, 15) is 18.1 Å². The van der Waals surface area contributed by atoms with Crippen molar-refractivity contribution in [1.29, 1.82) is 0 Å². The Kier molecular flexibility index (Phi) is 5.44. The normalized spacial score (nSPS) is 26.4. The first kappa shape index (κ1) is 15.2. The van der Waals surface area contributed by atoms with Gasteiger partial charge in [0.15, 0.2) is 0 Å². The molecule has 1 nitrogen and oxygen atoms in total. The van der Waals surface area contributed by atoms with Crippen LogP contribution in [0.3, 0.4) is 0 Å². The predicted molar refractivity (Wildman–Crippen MR) is 46.2 cm³/mol. The first-order valence-corrected chi connectivity index (χ1v) is 4.30. The summed E-state index contributed by atoms with van der Waals surface area (Å²) in [7, 11) is 0. The van der Waals surface area contributed by atoms with Crippen LogP contribution in [0.5, 0.6) is 0 Å². The molecule has 1 unspecified atom stereocenters. The largest absolute Gasteiger partial charge is 1.00 e. The van der Waals surface area contributed by atoms with Crippen molar-refractivity contribution < 1.29 is 69.4 Å². The van der Waals surface area contributed by atoms with Crippen LogP contribution in [0.25, 0.3) is 0 Å². The maximum absolute atomic E-state index is 12.3. The Balaban J connectivity index is 0.00000169. The summed E-state index contributed by atoms with van der Waals surface area (Å²) in [5, 5.41) is 9.25. The summed E-state index contributed by atoms with van der Waals surface area (Å²) in [4.78, 5) is 0. The van der Waals surface area contributed by atoms with E-state index in [1.165, 1.54) is 6.08 Å². The molecule has 0 aromatic carbocycles. The third-order valence-electron chi connectivity index (χ3n) is 2.23. The van der Waals surface area contributed by atoms with Gasteiger partial charge in [0.1, 0.15) is 0 Å². The van der Waals surface area contributed by atoms with Gasteiger partial charge in [0.25, 0.3) is 0 Å². The molecule has 0 aromatic rings. The van der Waals surface area contributed by atoms with Crippen LogP contribution >= 0.6 is 0 Å². The molecule has 0 amide bonds. The first-order chi connectivity index (χ1) is 5.71. The van der Waals surface area contributed by atoms with Gasteiger partial charge in [-0.1, -0.05) is 13.8 Å². The summed E-state index contributed by atoms with van der Waals surface area (Å²) in [6.45, 7) is -1.51. The van der Waals surface area contributed by atoms with Crippen molar-refractivity contribution >= 4 is 6.98 Å². The van der Waals surface area contributed by atoms with Crippen LogP contribution in [0.15, 0.2) is 11.5 Å². The van der Waals surface area contributed by atoms with Gasteiger partial charge >= 0.3 is 58.4 Å². The van der Waals surface area contributed by atoms with Gasteiger partial charge in [0.05, 0.1) is 6.10 Å². The predicted octanol–water partition coefficient (Wildman–Crippen LogP) is -0.516. The van der Waals surface area contributed by atoms with Crippen LogP contribution in [0.4, 0.5) is 12.9 Å². The monoisotopic (exact) mass is 232 g/mol. The fourth-order valence-corrected chi connectivity index (χ4v) is 1.80. The van der Waals surface area contributed by atoms with E-state index in [0.29, 0.717) is 6.42 Å². The van der Waals surface area contributed by atoms with Gasteiger partial charge in [-0.2, -0.15) is 0 Å². The number of rotatable bonds is 1. The Morgan fingerprint density at radius 1 is 1.43 bits per heavy atom. The molecule has 0 radical (unpaired) electrons. The summed E-state index contributed by atoms with van der Waals surface area (Å²) < 4.78 is 37.0. The van der Waals surface area contributed by atoms with E-state index in [0.717, 1.165) is 0 Å². The summed E-state index contributed by atoms with van der Waals surface area (Å²) in [6, 6.07) is 0. The van der Waals surface area contributed by atoms with Gasteiger partial charge < -0.3 is 18.1 Å². The van der Waals surface area contributed by atoms with E-state index in [2.05, 4.69) is 0 Å². The minimum atomic E-state index is -4.92. The summed E-state index contributed by atoms with van der Waals surface area (Å²) in [5.74, 6) is 0. The average Bonchev–Trinajstić information content (AvgIpc) is 1.79. The third-order valence-corrected chi connectivity index (χ3v) is 2.23. The molecule has 0 heterocycles. The molecule has 1 rings (SSSR count). The molecule has 6 heteroatoms. The molecule has 0 aromatic heterocycles. The second kappa shape index (κ2) is 5.01.